The van der Waals surface area contributed by atoms with Gasteiger partial charge in [0, 0.05) is 24.8 Å². The molecule has 1 N–H and O–H groups in total. The van der Waals surface area contributed by atoms with Crippen molar-refractivity contribution >= 4 is 49.1 Å². The lowest BCUT2D eigenvalue weighted by Crippen LogP contribution is -1.83. The average molecular weight is 289 g/mol. The molecule has 0 aliphatic heterocycles. The van der Waals surface area contributed by atoms with Gasteiger partial charge in [0.15, 0.2) is 0 Å². The Morgan fingerprint density at radius 3 is 2.93 bits per heavy atom. The zero-order chi connectivity index (χ0) is 10.1. The van der Waals surface area contributed by atoms with Gasteiger partial charge in [-0.05, 0) is 39.9 Å². The molecule has 1 aromatic carbocycles. The molecule has 0 fully saturated rings. The summed E-state index contributed by atoms with van der Waals surface area (Å²) in [6.07, 6.45) is 2.06. The maximum absolute atomic E-state index is 9.12. The lowest BCUT2D eigenvalue weighted by atomic mass is 10.2. The van der Waals surface area contributed by atoms with Crippen LogP contribution in [-0.4, -0.2) is 11.4 Å². The molecule has 2 aromatic rings. The molecule has 0 aliphatic rings. The second kappa shape index (κ2) is 4.23. The van der Waals surface area contributed by atoms with Gasteiger partial charge in [0.05, 0.1) is 6.61 Å². The van der Waals surface area contributed by atoms with Crippen molar-refractivity contribution in [3.63, 3.8) is 0 Å². The zero-order valence-corrected chi connectivity index (χ0v) is 10.8. The molecule has 0 atom stereocenters. The van der Waals surface area contributed by atoms with Gasteiger partial charge in [0.25, 0.3) is 0 Å². The molecular formula is C10H9BrOS2. The van der Waals surface area contributed by atoms with Gasteiger partial charge in [-0.1, -0.05) is 0 Å². The molecule has 0 aliphatic carbocycles. The molecule has 0 radical (unpaired) electrons. The maximum atomic E-state index is 9.12. The van der Waals surface area contributed by atoms with Gasteiger partial charge in [-0.25, -0.2) is 0 Å². The van der Waals surface area contributed by atoms with Gasteiger partial charge in [-0.2, -0.15) is 0 Å². The fraction of sp³-hybridized carbons (Fsp3) is 0.200. The van der Waals surface area contributed by atoms with E-state index in [0.29, 0.717) is 0 Å². The van der Waals surface area contributed by atoms with Crippen molar-refractivity contribution in [3.05, 3.63) is 27.5 Å². The molecule has 0 saturated carbocycles. The third-order valence-corrected chi connectivity index (χ3v) is 4.93. The third kappa shape index (κ3) is 1.72. The summed E-state index contributed by atoms with van der Waals surface area (Å²) < 4.78 is 2.41. The largest absolute Gasteiger partial charge is 0.392 e. The number of aliphatic hydroxyl groups excluding tert-OH is 1. The van der Waals surface area contributed by atoms with Crippen LogP contribution in [0.2, 0.25) is 0 Å². The first-order valence-electron chi connectivity index (χ1n) is 4.10. The Labute approximate surface area is 99.3 Å². The van der Waals surface area contributed by atoms with Gasteiger partial charge in [0.1, 0.15) is 0 Å². The highest BCUT2D eigenvalue weighted by Crippen LogP contribution is 2.37. The summed E-state index contributed by atoms with van der Waals surface area (Å²) in [7, 11) is 0. The van der Waals surface area contributed by atoms with E-state index in [9.17, 15) is 0 Å². The van der Waals surface area contributed by atoms with E-state index >= 15 is 0 Å². The van der Waals surface area contributed by atoms with Crippen molar-refractivity contribution in [3.8, 4) is 0 Å². The summed E-state index contributed by atoms with van der Waals surface area (Å²) in [6.45, 7) is 0.103. The van der Waals surface area contributed by atoms with Gasteiger partial charge in [-0.3, -0.25) is 0 Å². The van der Waals surface area contributed by atoms with Gasteiger partial charge in [-0.15, -0.1) is 23.1 Å². The molecule has 0 spiro atoms. The minimum absolute atomic E-state index is 0.103. The van der Waals surface area contributed by atoms with Crippen LogP contribution in [0.15, 0.2) is 26.9 Å². The molecule has 2 rings (SSSR count). The van der Waals surface area contributed by atoms with Gasteiger partial charge >= 0.3 is 0 Å². The average Bonchev–Trinajstić information content (AvgIpc) is 2.59. The molecule has 14 heavy (non-hydrogen) atoms. The summed E-state index contributed by atoms with van der Waals surface area (Å²) in [5.41, 5.74) is 0.973. The SMILES string of the molecule is CSc1cc(CO)cc2c(Br)csc12. The normalized spacial score (nSPS) is 11.1. The summed E-state index contributed by atoms with van der Waals surface area (Å²) in [5.74, 6) is 0. The number of fused-ring (bicyclic) bond motifs is 1. The van der Waals surface area contributed by atoms with Crippen molar-refractivity contribution < 1.29 is 5.11 Å². The van der Waals surface area contributed by atoms with Crippen LogP contribution in [0, 0.1) is 0 Å². The van der Waals surface area contributed by atoms with Crippen LogP contribution < -0.4 is 0 Å². The van der Waals surface area contributed by atoms with Crippen LogP contribution in [0.5, 0.6) is 0 Å². The fourth-order valence-electron chi connectivity index (χ4n) is 1.38. The Morgan fingerprint density at radius 1 is 1.50 bits per heavy atom. The molecule has 0 saturated heterocycles. The molecule has 1 aromatic heterocycles. The molecule has 0 unspecified atom stereocenters. The number of thioether (sulfide) groups is 1. The van der Waals surface area contributed by atoms with Crippen molar-refractivity contribution in [2.75, 3.05) is 6.26 Å². The Bertz CT molecular complexity index is 464. The summed E-state index contributed by atoms with van der Waals surface area (Å²) in [4.78, 5) is 1.24. The quantitative estimate of drug-likeness (QED) is 0.847. The molecule has 1 nitrogen and oxygen atoms in total. The minimum Gasteiger partial charge on any atom is -0.392 e. The first-order chi connectivity index (χ1) is 6.76. The summed E-state index contributed by atoms with van der Waals surface area (Å²) in [5, 5.41) is 12.4. The first kappa shape index (κ1) is 10.5. The second-order valence-electron chi connectivity index (χ2n) is 2.92. The van der Waals surface area contributed by atoms with E-state index in [-0.39, 0.29) is 6.61 Å². The van der Waals surface area contributed by atoms with Crippen molar-refractivity contribution in [1.29, 1.82) is 0 Å². The highest BCUT2D eigenvalue weighted by Gasteiger charge is 2.07. The molecule has 0 amide bonds. The number of benzene rings is 1. The van der Waals surface area contributed by atoms with Crippen molar-refractivity contribution in [2.45, 2.75) is 11.5 Å². The number of aliphatic hydroxyl groups is 1. The minimum atomic E-state index is 0.103. The Balaban J connectivity index is 2.76. The third-order valence-electron chi connectivity index (χ3n) is 2.05. The van der Waals surface area contributed by atoms with E-state index in [1.165, 1.54) is 15.0 Å². The van der Waals surface area contributed by atoms with E-state index < -0.39 is 0 Å². The Morgan fingerprint density at radius 2 is 2.29 bits per heavy atom. The predicted octanol–water partition coefficient (Wildman–Crippen LogP) is 3.88. The lowest BCUT2D eigenvalue weighted by molar-refractivity contribution is 0.282. The summed E-state index contributed by atoms with van der Waals surface area (Å²) in [6, 6.07) is 4.09. The van der Waals surface area contributed by atoms with E-state index in [1.54, 1.807) is 23.1 Å². The molecule has 0 bridgehead atoms. The lowest BCUT2D eigenvalue weighted by Gasteiger charge is -2.02. The van der Waals surface area contributed by atoms with Crippen LogP contribution in [0.25, 0.3) is 10.1 Å². The van der Waals surface area contributed by atoms with Gasteiger partial charge < -0.3 is 5.11 Å². The molecular weight excluding hydrogens is 280 g/mol. The Hall–Kier alpha value is -0.0300. The first-order valence-corrected chi connectivity index (χ1v) is 7.00. The topological polar surface area (TPSA) is 20.2 Å². The standard InChI is InChI=1S/C10H9BrOS2/c1-13-9-3-6(4-12)2-7-8(11)5-14-10(7)9/h2-3,5,12H,4H2,1H3. The van der Waals surface area contributed by atoms with Crippen molar-refractivity contribution in [2.24, 2.45) is 0 Å². The fourth-order valence-corrected chi connectivity index (χ4v) is 3.88. The predicted molar refractivity (Wildman–Crippen MR) is 67.2 cm³/mol. The summed E-state index contributed by atoms with van der Waals surface area (Å²) >= 11 is 6.97. The molecule has 4 heteroatoms. The van der Waals surface area contributed by atoms with Crippen LogP contribution in [-0.2, 0) is 6.61 Å². The number of thiophene rings is 1. The zero-order valence-electron chi connectivity index (χ0n) is 7.58. The molecule has 74 valence electrons. The number of hydrogen-bond donors (Lipinski definition) is 1. The van der Waals surface area contributed by atoms with Crippen LogP contribution in [0.1, 0.15) is 5.56 Å². The number of hydrogen-bond acceptors (Lipinski definition) is 3. The van der Waals surface area contributed by atoms with E-state index in [0.717, 1.165) is 10.0 Å². The van der Waals surface area contributed by atoms with Crippen LogP contribution in [0.3, 0.4) is 0 Å². The smallest absolute Gasteiger partial charge is 0.0682 e. The highest BCUT2D eigenvalue weighted by molar-refractivity contribution is 9.10. The van der Waals surface area contributed by atoms with E-state index in [1.807, 2.05) is 6.07 Å². The van der Waals surface area contributed by atoms with Crippen LogP contribution >= 0.6 is 39.0 Å². The second-order valence-corrected chi connectivity index (χ2v) is 5.50. The van der Waals surface area contributed by atoms with E-state index in [4.69, 9.17) is 5.11 Å². The molecule has 1 heterocycles. The maximum Gasteiger partial charge on any atom is 0.0682 e. The van der Waals surface area contributed by atoms with Crippen LogP contribution in [0.4, 0.5) is 0 Å². The monoisotopic (exact) mass is 288 g/mol. The van der Waals surface area contributed by atoms with Gasteiger partial charge in [0.2, 0.25) is 0 Å². The Kier molecular flexibility index (Phi) is 3.17. The van der Waals surface area contributed by atoms with Crippen molar-refractivity contribution in [1.82, 2.24) is 0 Å². The number of rotatable bonds is 2. The van der Waals surface area contributed by atoms with E-state index in [2.05, 4.69) is 33.6 Å². The number of halogens is 1. The highest BCUT2D eigenvalue weighted by atomic mass is 79.9.